The number of nitrogens with zero attached hydrogens (tertiary/aromatic N) is 4. The summed E-state index contributed by atoms with van der Waals surface area (Å²) in [7, 11) is 0. The number of carbonyl (C=O) groups excluding carboxylic acids is 1. The van der Waals surface area contributed by atoms with Crippen molar-refractivity contribution in [3.63, 3.8) is 0 Å². The Morgan fingerprint density at radius 3 is 2.75 bits per heavy atom. The molecule has 3 aromatic rings. The fourth-order valence-corrected chi connectivity index (χ4v) is 5.20. The van der Waals surface area contributed by atoms with Crippen LogP contribution in [0.3, 0.4) is 0 Å². The first-order valence-electron chi connectivity index (χ1n) is 10.1. The van der Waals surface area contributed by atoms with E-state index in [4.69, 9.17) is 5.10 Å². The summed E-state index contributed by atoms with van der Waals surface area (Å²) >= 11 is 1.62. The number of carbonyl (C=O) groups is 1. The van der Waals surface area contributed by atoms with Crippen LogP contribution in [-0.4, -0.2) is 51.2 Å². The zero-order valence-electron chi connectivity index (χ0n) is 16.3. The van der Waals surface area contributed by atoms with Crippen LogP contribution in [-0.2, 0) is 0 Å². The van der Waals surface area contributed by atoms with E-state index in [1.807, 2.05) is 28.4 Å². The van der Waals surface area contributed by atoms with Gasteiger partial charge in [0.15, 0.2) is 5.69 Å². The van der Waals surface area contributed by atoms with Crippen molar-refractivity contribution in [3.05, 3.63) is 35.5 Å². The van der Waals surface area contributed by atoms with Gasteiger partial charge in [0.1, 0.15) is 5.01 Å². The number of thiazole rings is 1. The second kappa shape index (κ2) is 6.97. The van der Waals surface area contributed by atoms with Gasteiger partial charge < -0.3 is 10.2 Å². The smallest absolute Gasteiger partial charge is 0.272 e. The second-order valence-electron chi connectivity index (χ2n) is 8.17. The van der Waals surface area contributed by atoms with Gasteiger partial charge in [0.05, 0.1) is 5.52 Å². The standard InChI is InChI=1S/C21H25N5OS/c1-13(2)26-18-11-15(21-22-7-10-28-21)3-4-16(18)19(24-26)20(27)23-17-12-25-8-5-14(17)6-9-25/h3-4,7,10-11,13-14,17H,5-6,8-9,12H2,1-2H3,(H,23,27). The highest BCUT2D eigenvalue weighted by Crippen LogP contribution is 2.30. The zero-order chi connectivity index (χ0) is 19.3. The summed E-state index contributed by atoms with van der Waals surface area (Å²) in [5, 5.41) is 11.9. The molecule has 6 rings (SSSR count). The van der Waals surface area contributed by atoms with Gasteiger partial charge in [-0.15, -0.1) is 11.3 Å². The van der Waals surface area contributed by atoms with Gasteiger partial charge in [0, 0.05) is 41.2 Å². The molecular weight excluding hydrogens is 370 g/mol. The minimum absolute atomic E-state index is 0.0508. The molecule has 0 radical (unpaired) electrons. The molecule has 1 unspecified atom stereocenters. The molecule has 1 amide bonds. The second-order valence-corrected chi connectivity index (χ2v) is 9.07. The minimum Gasteiger partial charge on any atom is -0.346 e. The van der Waals surface area contributed by atoms with Crippen molar-refractivity contribution in [2.24, 2.45) is 5.92 Å². The Kier molecular flexibility index (Phi) is 4.44. The van der Waals surface area contributed by atoms with Gasteiger partial charge in [-0.05, 0) is 57.8 Å². The highest BCUT2D eigenvalue weighted by molar-refractivity contribution is 7.13. The number of nitrogens with one attached hydrogen (secondary N) is 1. The normalized spacial score (nSPS) is 24.2. The molecule has 3 aliphatic rings. The van der Waals surface area contributed by atoms with Crippen molar-refractivity contribution in [1.29, 1.82) is 0 Å². The van der Waals surface area contributed by atoms with Crippen molar-refractivity contribution in [1.82, 2.24) is 25.0 Å². The van der Waals surface area contributed by atoms with Crippen LogP contribution < -0.4 is 5.32 Å². The van der Waals surface area contributed by atoms with E-state index in [2.05, 4.69) is 35.1 Å². The van der Waals surface area contributed by atoms with Crippen molar-refractivity contribution < 1.29 is 4.79 Å². The highest BCUT2D eigenvalue weighted by atomic mass is 32.1. The first-order chi connectivity index (χ1) is 13.6. The number of benzene rings is 1. The fourth-order valence-electron chi connectivity index (χ4n) is 4.56. The quantitative estimate of drug-likeness (QED) is 0.734. The Bertz CT molecular complexity index is 1000. The van der Waals surface area contributed by atoms with Crippen molar-refractivity contribution in [3.8, 4) is 10.6 Å². The molecule has 1 atom stereocenters. The van der Waals surface area contributed by atoms with Crippen LogP contribution in [0.25, 0.3) is 21.5 Å². The van der Waals surface area contributed by atoms with Crippen LogP contribution in [0, 0.1) is 5.92 Å². The van der Waals surface area contributed by atoms with Gasteiger partial charge >= 0.3 is 0 Å². The molecule has 0 aliphatic carbocycles. The SMILES string of the molecule is CC(C)n1nc(C(=O)NC2CN3CCC2CC3)c2ccc(-c3nccs3)cc21. The molecule has 3 fully saturated rings. The molecule has 0 spiro atoms. The zero-order valence-corrected chi connectivity index (χ0v) is 17.1. The number of hydrogen-bond donors (Lipinski definition) is 1. The number of amides is 1. The molecule has 2 aromatic heterocycles. The Morgan fingerprint density at radius 2 is 2.11 bits per heavy atom. The van der Waals surface area contributed by atoms with Crippen LogP contribution >= 0.6 is 11.3 Å². The van der Waals surface area contributed by atoms with Crippen LogP contribution in [0.2, 0.25) is 0 Å². The molecular formula is C21H25N5OS. The summed E-state index contributed by atoms with van der Waals surface area (Å²) in [5.41, 5.74) is 2.58. The summed E-state index contributed by atoms with van der Waals surface area (Å²) in [5.74, 6) is 0.550. The molecule has 28 heavy (non-hydrogen) atoms. The lowest BCUT2D eigenvalue weighted by molar-refractivity contribution is 0.0618. The molecule has 146 valence electrons. The van der Waals surface area contributed by atoms with Crippen molar-refractivity contribution in [2.75, 3.05) is 19.6 Å². The lowest BCUT2D eigenvalue weighted by atomic mass is 9.84. The largest absolute Gasteiger partial charge is 0.346 e. The predicted octanol–water partition coefficient (Wildman–Crippen LogP) is 3.56. The van der Waals surface area contributed by atoms with Gasteiger partial charge in [-0.3, -0.25) is 9.48 Å². The fraction of sp³-hybridized carbons (Fsp3) is 0.476. The molecule has 3 aliphatic heterocycles. The van der Waals surface area contributed by atoms with Crippen LogP contribution in [0.1, 0.15) is 43.2 Å². The third-order valence-electron chi connectivity index (χ3n) is 6.06. The first kappa shape index (κ1) is 17.8. The van der Waals surface area contributed by atoms with E-state index < -0.39 is 0 Å². The molecule has 2 bridgehead atoms. The molecule has 6 nitrogen and oxygen atoms in total. The minimum atomic E-state index is -0.0508. The summed E-state index contributed by atoms with van der Waals surface area (Å²) in [6.07, 6.45) is 4.18. The Morgan fingerprint density at radius 1 is 1.29 bits per heavy atom. The van der Waals surface area contributed by atoms with Gasteiger partial charge in [0.25, 0.3) is 5.91 Å². The van der Waals surface area contributed by atoms with E-state index in [-0.39, 0.29) is 18.0 Å². The van der Waals surface area contributed by atoms with Gasteiger partial charge in [-0.2, -0.15) is 5.10 Å². The van der Waals surface area contributed by atoms with E-state index in [0.717, 1.165) is 28.0 Å². The maximum Gasteiger partial charge on any atom is 0.272 e. The third-order valence-corrected chi connectivity index (χ3v) is 6.89. The molecule has 5 heterocycles. The summed E-state index contributed by atoms with van der Waals surface area (Å²) in [6.45, 7) is 7.49. The van der Waals surface area contributed by atoms with E-state index >= 15 is 0 Å². The number of piperidine rings is 3. The maximum atomic E-state index is 13.1. The topological polar surface area (TPSA) is 63.1 Å². The Labute approximate surface area is 168 Å². The number of hydrogen-bond acceptors (Lipinski definition) is 5. The Hall–Kier alpha value is -2.25. The van der Waals surface area contributed by atoms with E-state index in [9.17, 15) is 4.79 Å². The number of rotatable bonds is 4. The molecule has 7 heteroatoms. The first-order valence-corrected chi connectivity index (χ1v) is 10.9. The summed E-state index contributed by atoms with van der Waals surface area (Å²) in [6, 6.07) is 6.57. The van der Waals surface area contributed by atoms with Crippen molar-refractivity contribution in [2.45, 2.75) is 38.8 Å². The van der Waals surface area contributed by atoms with Gasteiger partial charge in [-0.1, -0.05) is 6.07 Å². The monoisotopic (exact) mass is 395 g/mol. The van der Waals surface area contributed by atoms with Crippen LogP contribution in [0.4, 0.5) is 0 Å². The summed E-state index contributed by atoms with van der Waals surface area (Å²) < 4.78 is 1.96. The molecule has 3 saturated heterocycles. The number of aromatic nitrogens is 3. The molecule has 0 saturated carbocycles. The van der Waals surface area contributed by atoms with E-state index in [1.54, 1.807) is 11.3 Å². The average molecular weight is 396 g/mol. The highest BCUT2D eigenvalue weighted by Gasteiger charge is 2.35. The predicted molar refractivity (Wildman–Crippen MR) is 112 cm³/mol. The maximum absolute atomic E-state index is 13.1. The Balaban J connectivity index is 1.49. The van der Waals surface area contributed by atoms with Crippen LogP contribution in [0.5, 0.6) is 0 Å². The lowest BCUT2D eigenvalue weighted by Crippen LogP contribution is -2.57. The number of fused-ring (bicyclic) bond motifs is 4. The molecule has 1 N–H and O–H groups in total. The van der Waals surface area contributed by atoms with E-state index in [0.29, 0.717) is 11.6 Å². The summed E-state index contributed by atoms with van der Waals surface area (Å²) in [4.78, 5) is 20.0. The van der Waals surface area contributed by atoms with Gasteiger partial charge in [0.2, 0.25) is 0 Å². The molecule has 1 aromatic carbocycles. The average Bonchev–Trinajstić information content (AvgIpc) is 3.36. The van der Waals surface area contributed by atoms with E-state index in [1.165, 1.54) is 25.9 Å². The van der Waals surface area contributed by atoms with Gasteiger partial charge in [-0.25, -0.2) is 4.98 Å². The lowest BCUT2D eigenvalue weighted by Gasteiger charge is -2.44. The van der Waals surface area contributed by atoms with Crippen LogP contribution in [0.15, 0.2) is 29.8 Å². The van der Waals surface area contributed by atoms with Crippen molar-refractivity contribution >= 4 is 28.1 Å². The third kappa shape index (κ3) is 3.02.